The Bertz CT molecular complexity index is 423. The van der Waals surface area contributed by atoms with E-state index in [-0.39, 0.29) is 5.92 Å². The summed E-state index contributed by atoms with van der Waals surface area (Å²) in [5.74, 6) is -0.0857. The van der Waals surface area contributed by atoms with Crippen LogP contribution in [0.4, 0.5) is 5.69 Å². The van der Waals surface area contributed by atoms with Crippen molar-refractivity contribution in [3.63, 3.8) is 0 Å². The summed E-state index contributed by atoms with van der Waals surface area (Å²) >= 11 is 0. The maximum atomic E-state index is 11.1. The molecule has 0 aliphatic heterocycles. The van der Waals surface area contributed by atoms with Crippen LogP contribution < -0.4 is 4.90 Å². The Labute approximate surface area is 122 Å². The Morgan fingerprint density at radius 2 is 1.60 bits per heavy atom. The third kappa shape index (κ3) is 4.87. The summed E-state index contributed by atoms with van der Waals surface area (Å²) in [6, 6.07) is 8.48. The average molecular weight is 277 g/mol. The van der Waals surface area contributed by atoms with Gasteiger partial charge >= 0.3 is 5.97 Å². The maximum absolute atomic E-state index is 11.1. The fourth-order valence-corrected chi connectivity index (χ4v) is 2.20. The highest BCUT2D eigenvalue weighted by molar-refractivity contribution is 5.70. The summed E-state index contributed by atoms with van der Waals surface area (Å²) in [6.45, 7) is 11.8. The van der Waals surface area contributed by atoms with Gasteiger partial charge in [0.25, 0.3) is 0 Å². The molecule has 1 N–H and O–H groups in total. The molecule has 3 nitrogen and oxygen atoms in total. The minimum Gasteiger partial charge on any atom is -0.481 e. The molecule has 0 saturated carbocycles. The van der Waals surface area contributed by atoms with Crippen LogP contribution in [0.2, 0.25) is 0 Å². The molecule has 0 radical (unpaired) electrons. The third-order valence-corrected chi connectivity index (χ3v) is 3.43. The summed E-state index contributed by atoms with van der Waals surface area (Å²) in [5.41, 5.74) is 2.42. The second kappa shape index (κ2) is 7.32. The summed E-state index contributed by atoms with van der Waals surface area (Å²) < 4.78 is 0. The van der Waals surface area contributed by atoms with Crippen LogP contribution in [0.25, 0.3) is 0 Å². The minimum atomic E-state index is -0.738. The monoisotopic (exact) mass is 277 g/mol. The second-order valence-corrected chi connectivity index (χ2v) is 6.28. The molecule has 0 aliphatic carbocycles. The van der Waals surface area contributed by atoms with Crippen LogP contribution >= 0.6 is 0 Å². The summed E-state index contributed by atoms with van der Waals surface area (Å²) in [6.07, 6.45) is 0. The van der Waals surface area contributed by atoms with Gasteiger partial charge in [-0.15, -0.1) is 0 Å². The normalized spacial score (nSPS) is 12.8. The molecule has 20 heavy (non-hydrogen) atoms. The van der Waals surface area contributed by atoms with Crippen molar-refractivity contribution in [1.82, 2.24) is 0 Å². The SMILES string of the molecule is CC(C)CN(CC(C)C(=O)O)c1ccc(C(C)C)cc1. The predicted molar refractivity (Wildman–Crippen MR) is 84.4 cm³/mol. The molecule has 112 valence electrons. The smallest absolute Gasteiger partial charge is 0.308 e. The van der Waals surface area contributed by atoms with E-state index < -0.39 is 5.97 Å². The molecule has 0 bridgehead atoms. The number of carbonyl (C=O) groups is 1. The zero-order valence-electron chi connectivity index (χ0n) is 13.3. The molecule has 1 rings (SSSR count). The Hall–Kier alpha value is -1.51. The molecule has 0 saturated heterocycles. The first-order valence-corrected chi connectivity index (χ1v) is 7.39. The Kier molecular flexibility index (Phi) is 6.05. The van der Waals surface area contributed by atoms with Crippen molar-refractivity contribution in [2.75, 3.05) is 18.0 Å². The molecule has 0 fully saturated rings. The maximum Gasteiger partial charge on any atom is 0.308 e. The van der Waals surface area contributed by atoms with Crippen molar-refractivity contribution in [3.05, 3.63) is 29.8 Å². The topological polar surface area (TPSA) is 40.5 Å². The highest BCUT2D eigenvalue weighted by Gasteiger charge is 2.17. The first-order valence-electron chi connectivity index (χ1n) is 7.39. The number of nitrogens with zero attached hydrogens (tertiary/aromatic N) is 1. The zero-order chi connectivity index (χ0) is 15.3. The Morgan fingerprint density at radius 1 is 1.05 bits per heavy atom. The number of rotatable bonds is 7. The fourth-order valence-electron chi connectivity index (χ4n) is 2.20. The van der Waals surface area contributed by atoms with Crippen molar-refractivity contribution < 1.29 is 9.90 Å². The van der Waals surface area contributed by atoms with Gasteiger partial charge in [0.15, 0.2) is 0 Å². The largest absolute Gasteiger partial charge is 0.481 e. The van der Waals surface area contributed by atoms with Crippen LogP contribution in [-0.2, 0) is 4.79 Å². The highest BCUT2D eigenvalue weighted by Crippen LogP contribution is 2.22. The lowest BCUT2D eigenvalue weighted by atomic mass is 10.0. The van der Waals surface area contributed by atoms with E-state index in [1.807, 2.05) is 0 Å². The van der Waals surface area contributed by atoms with E-state index in [4.69, 9.17) is 5.11 Å². The van der Waals surface area contributed by atoms with Crippen molar-refractivity contribution in [2.45, 2.75) is 40.5 Å². The van der Waals surface area contributed by atoms with Gasteiger partial charge in [0.05, 0.1) is 5.92 Å². The number of hydrogen-bond acceptors (Lipinski definition) is 2. The standard InChI is InChI=1S/C17H27NO2/c1-12(2)10-18(11-14(5)17(19)20)16-8-6-15(7-9-16)13(3)4/h6-9,12-14H,10-11H2,1-5H3,(H,19,20). The molecule has 0 aromatic heterocycles. The van der Waals surface area contributed by atoms with Gasteiger partial charge in [-0.2, -0.15) is 0 Å². The van der Waals surface area contributed by atoms with Crippen molar-refractivity contribution in [3.8, 4) is 0 Å². The van der Waals surface area contributed by atoms with E-state index in [2.05, 4.69) is 56.9 Å². The van der Waals surface area contributed by atoms with E-state index in [1.165, 1.54) is 5.56 Å². The lowest BCUT2D eigenvalue weighted by molar-refractivity contribution is -0.140. The molecular formula is C17H27NO2. The minimum absolute atomic E-state index is 0.362. The molecule has 3 heteroatoms. The molecule has 1 unspecified atom stereocenters. The van der Waals surface area contributed by atoms with E-state index in [9.17, 15) is 4.79 Å². The molecule has 1 atom stereocenters. The van der Waals surface area contributed by atoms with Crippen LogP contribution in [-0.4, -0.2) is 24.2 Å². The van der Waals surface area contributed by atoms with Gasteiger partial charge in [-0.1, -0.05) is 46.8 Å². The van der Waals surface area contributed by atoms with Crippen LogP contribution in [0.5, 0.6) is 0 Å². The van der Waals surface area contributed by atoms with Crippen LogP contribution in [0.1, 0.15) is 46.1 Å². The highest BCUT2D eigenvalue weighted by atomic mass is 16.4. The van der Waals surface area contributed by atoms with Gasteiger partial charge in [-0.3, -0.25) is 4.79 Å². The Morgan fingerprint density at radius 3 is 2.00 bits per heavy atom. The molecule has 1 aromatic carbocycles. The fraction of sp³-hybridized carbons (Fsp3) is 0.588. The third-order valence-electron chi connectivity index (χ3n) is 3.43. The summed E-state index contributed by atoms with van der Waals surface area (Å²) in [7, 11) is 0. The van der Waals surface area contributed by atoms with Crippen molar-refractivity contribution in [2.24, 2.45) is 11.8 Å². The number of carboxylic acids is 1. The molecular weight excluding hydrogens is 250 g/mol. The Balaban J connectivity index is 2.89. The van der Waals surface area contributed by atoms with E-state index in [0.717, 1.165) is 12.2 Å². The van der Waals surface area contributed by atoms with Crippen molar-refractivity contribution >= 4 is 11.7 Å². The summed E-state index contributed by atoms with van der Waals surface area (Å²) in [5, 5.41) is 9.10. The average Bonchev–Trinajstić information content (AvgIpc) is 2.37. The van der Waals surface area contributed by atoms with Crippen LogP contribution in [0.3, 0.4) is 0 Å². The summed E-state index contributed by atoms with van der Waals surface area (Å²) in [4.78, 5) is 13.2. The zero-order valence-corrected chi connectivity index (χ0v) is 13.3. The first kappa shape index (κ1) is 16.5. The second-order valence-electron chi connectivity index (χ2n) is 6.28. The number of anilines is 1. The predicted octanol–water partition coefficient (Wildman–Crippen LogP) is 3.99. The number of benzene rings is 1. The quantitative estimate of drug-likeness (QED) is 0.819. The van der Waals surface area contributed by atoms with Crippen LogP contribution in [0.15, 0.2) is 24.3 Å². The number of carboxylic acid groups (broad SMARTS) is 1. The van der Waals surface area contributed by atoms with Gasteiger partial charge in [-0.05, 0) is 29.5 Å². The molecule has 0 aliphatic rings. The molecule has 0 spiro atoms. The molecule has 1 aromatic rings. The van der Waals surface area contributed by atoms with Gasteiger partial charge < -0.3 is 10.0 Å². The van der Waals surface area contributed by atoms with E-state index in [0.29, 0.717) is 18.4 Å². The molecule has 0 heterocycles. The van der Waals surface area contributed by atoms with E-state index in [1.54, 1.807) is 6.92 Å². The van der Waals surface area contributed by atoms with Gasteiger partial charge in [-0.25, -0.2) is 0 Å². The first-order chi connectivity index (χ1) is 9.31. The number of hydrogen-bond donors (Lipinski definition) is 1. The van der Waals surface area contributed by atoms with Crippen LogP contribution in [0, 0.1) is 11.8 Å². The number of aliphatic carboxylic acids is 1. The molecule has 0 amide bonds. The van der Waals surface area contributed by atoms with E-state index >= 15 is 0 Å². The van der Waals surface area contributed by atoms with Gasteiger partial charge in [0.1, 0.15) is 0 Å². The lowest BCUT2D eigenvalue weighted by Gasteiger charge is -2.28. The van der Waals surface area contributed by atoms with Gasteiger partial charge in [0, 0.05) is 18.8 Å². The lowest BCUT2D eigenvalue weighted by Crippen LogP contribution is -2.34. The van der Waals surface area contributed by atoms with Crippen molar-refractivity contribution in [1.29, 1.82) is 0 Å². The van der Waals surface area contributed by atoms with Gasteiger partial charge in [0.2, 0.25) is 0 Å².